The number of imidazole rings is 1. The molecule has 16 heteroatoms. The minimum Gasteiger partial charge on any atom is -0.378 e. The van der Waals surface area contributed by atoms with Gasteiger partial charge in [0.2, 0.25) is 17.7 Å². The highest BCUT2D eigenvalue weighted by Gasteiger charge is 2.37. The molecule has 68 heavy (non-hydrogen) atoms. The van der Waals surface area contributed by atoms with E-state index in [0.717, 1.165) is 46.4 Å². The van der Waals surface area contributed by atoms with E-state index >= 15 is 0 Å². The molecule has 0 spiro atoms. The molecular formula is C52H61N9O7. The van der Waals surface area contributed by atoms with Gasteiger partial charge in [0.15, 0.2) is 0 Å². The molecule has 3 saturated heterocycles. The molecule has 0 bridgehead atoms. The molecule has 8 rings (SSSR count). The third-order valence-corrected chi connectivity index (χ3v) is 12.8. The van der Waals surface area contributed by atoms with Gasteiger partial charge in [0, 0.05) is 45.7 Å². The number of aromatic amines is 1. The maximum atomic E-state index is 14.3. The van der Waals surface area contributed by atoms with E-state index in [4.69, 9.17) is 14.5 Å². The molecule has 7 amide bonds. The van der Waals surface area contributed by atoms with Gasteiger partial charge < -0.3 is 50.4 Å². The van der Waals surface area contributed by atoms with Gasteiger partial charge in [-0.3, -0.25) is 14.4 Å². The number of H-pyrrole nitrogens is 1. The number of benzene rings is 4. The van der Waals surface area contributed by atoms with Crippen LogP contribution in [0.25, 0.3) is 22.4 Å². The number of morpholine rings is 2. The van der Waals surface area contributed by atoms with Crippen LogP contribution in [0, 0.1) is 0 Å². The van der Waals surface area contributed by atoms with Crippen molar-refractivity contribution in [3.8, 4) is 22.4 Å². The van der Waals surface area contributed by atoms with Crippen LogP contribution in [0.15, 0.2) is 115 Å². The van der Waals surface area contributed by atoms with E-state index in [2.05, 4.69) is 38.4 Å². The number of carbonyl (C=O) groups excluding carboxylic acids is 5. The van der Waals surface area contributed by atoms with E-state index < -0.39 is 12.1 Å². The fraction of sp³-hybridized carbons (Fsp3) is 0.385. The maximum Gasteiger partial charge on any atom is 0.318 e. The van der Waals surface area contributed by atoms with Crippen molar-refractivity contribution < 1.29 is 33.4 Å². The lowest BCUT2D eigenvalue weighted by molar-refractivity contribution is -0.134. The Morgan fingerprint density at radius 1 is 0.647 bits per heavy atom. The van der Waals surface area contributed by atoms with Gasteiger partial charge in [-0.15, -0.1) is 0 Å². The summed E-state index contributed by atoms with van der Waals surface area (Å²) in [4.78, 5) is 80.0. The minimum atomic E-state index is -0.836. The monoisotopic (exact) mass is 923 g/mol. The summed E-state index contributed by atoms with van der Waals surface area (Å²) in [5.74, 6) is 0.180. The Hall–Kier alpha value is -7.04. The van der Waals surface area contributed by atoms with Crippen molar-refractivity contribution in [3.63, 3.8) is 0 Å². The Morgan fingerprint density at radius 3 is 1.79 bits per heavy atom. The van der Waals surface area contributed by atoms with Crippen LogP contribution < -0.4 is 21.3 Å². The number of ether oxygens (including phenoxy) is 2. The van der Waals surface area contributed by atoms with Gasteiger partial charge in [-0.05, 0) is 66.0 Å². The molecule has 356 valence electrons. The van der Waals surface area contributed by atoms with Gasteiger partial charge in [0.25, 0.3) is 0 Å². The molecule has 0 radical (unpaired) electrons. The summed E-state index contributed by atoms with van der Waals surface area (Å²) in [6.45, 7) is 6.67. The van der Waals surface area contributed by atoms with Gasteiger partial charge in [-0.25, -0.2) is 14.6 Å². The predicted molar refractivity (Wildman–Crippen MR) is 257 cm³/mol. The first kappa shape index (κ1) is 47.5. The summed E-state index contributed by atoms with van der Waals surface area (Å²) in [6, 6.07) is 32.2. The van der Waals surface area contributed by atoms with Crippen LogP contribution in [0.3, 0.4) is 0 Å². The van der Waals surface area contributed by atoms with Crippen molar-refractivity contribution in [2.45, 2.75) is 63.2 Å². The smallest absolute Gasteiger partial charge is 0.318 e. The molecule has 0 aliphatic carbocycles. The average Bonchev–Trinajstić information content (AvgIpc) is 4.09. The van der Waals surface area contributed by atoms with Gasteiger partial charge in [-0.2, -0.15) is 0 Å². The standard InChI is InChI=1S/C52H61N9O7/c1-36(55-45(62)16-8-9-25-53-49(63)46(41-11-4-2-5-12-41)57-51(65)59-27-31-67-32-28-59)37-17-19-38(20-18-37)39-21-23-40(24-22-39)43-35-54-48(56-43)44-15-10-26-61(44)50(64)47(42-13-6-3-7-14-42)58-52(66)60-29-33-68-34-30-60/h2-7,11-14,17-24,35-36,44,46-47H,8-10,15-16,25-34H2,1H3,(H,53,63)(H,54,56)(H,55,62)(H,57,65)(H,58,66). The predicted octanol–water partition coefficient (Wildman–Crippen LogP) is 6.44. The zero-order valence-electron chi connectivity index (χ0n) is 38.5. The molecule has 4 heterocycles. The fourth-order valence-corrected chi connectivity index (χ4v) is 8.90. The molecular weight excluding hydrogens is 863 g/mol. The van der Waals surface area contributed by atoms with E-state index in [1.54, 1.807) is 16.0 Å². The van der Waals surface area contributed by atoms with Crippen LogP contribution in [-0.2, 0) is 23.9 Å². The van der Waals surface area contributed by atoms with Crippen molar-refractivity contribution in [2.24, 2.45) is 0 Å². The summed E-state index contributed by atoms with van der Waals surface area (Å²) >= 11 is 0. The van der Waals surface area contributed by atoms with Crippen molar-refractivity contribution in [2.75, 3.05) is 65.7 Å². The van der Waals surface area contributed by atoms with Gasteiger partial charge in [0.1, 0.15) is 17.9 Å². The average molecular weight is 924 g/mol. The molecule has 4 atom stereocenters. The maximum absolute atomic E-state index is 14.3. The van der Waals surface area contributed by atoms with Gasteiger partial charge >= 0.3 is 12.1 Å². The second kappa shape index (κ2) is 23.1. The number of nitrogens with one attached hydrogen (secondary N) is 5. The summed E-state index contributed by atoms with van der Waals surface area (Å²) in [7, 11) is 0. The molecule has 4 unspecified atom stereocenters. The number of urea groups is 2. The van der Waals surface area contributed by atoms with E-state index in [1.165, 1.54) is 0 Å². The highest BCUT2D eigenvalue weighted by molar-refractivity contribution is 5.89. The van der Waals surface area contributed by atoms with Crippen LogP contribution in [0.1, 0.15) is 85.7 Å². The van der Waals surface area contributed by atoms with Crippen LogP contribution in [0.4, 0.5) is 9.59 Å². The lowest BCUT2D eigenvalue weighted by atomic mass is 10.00. The topological polar surface area (TPSA) is 190 Å². The molecule has 3 fully saturated rings. The third-order valence-electron chi connectivity index (χ3n) is 12.8. The first-order valence-corrected chi connectivity index (χ1v) is 23.7. The zero-order chi connectivity index (χ0) is 47.2. The number of aromatic nitrogens is 2. The number of nitrogens with zero attached hydrogens (tertiary/aromatic N) is 4. The summed E-state index contributed by atoms with van der Waals surface area (Å²) in [6.07, 6.45) is 4.90. The zero-order valence-corrected chi connectivity index (χ0v) is 38.5. The molecule has 3 aliphatic rings. The molecule has 0 saturated carbocycles. The van der Waals surface area contributed by atoms with Crippen molar-refractivity contribution in [3.05, 3.63) is 138 Å². The fourth-order valence-electron chi connectivity index (χ4n) is 8.90. The summed E-state index contributed by atoms with van der Waals surface area (Å²) < 4.78 is 10.8. The first-order valence-electron chi connectivity index (χ1n) is 23.7. The van der Waals surface area contributed by atoms with Gasteiger partial charge in [-0.1, -0.05) is 109 Å². The normalized spacial score (nSPS) is 17.4. The van der Waals surface area contributed by atoms with Crippen LogP contribution >= 0.6 is 0 Å². The minimum absolute atomic E-state index is 0.0676. The second-order valence-electron chi connectivity index (χ2n) is 17.4. The third kappa shape index (κ3) is 12.1. The Labute approximate surface area is 397 Å². The molecule has 3 aliphatic heterocycles. The van der Waals surface area contributed by atoms with Gasteiger partial charge in [0.05, 0.1) is 50.4 Å². The Morgan fingerprint density at radius 2 is 1.19 bits per heavy atom. The van der Waals surface area contributed by atoms with Crippen molar-refractivity contribution >= 4 is 29.8 Å². The van der Waals surface area contributed by atoms with Crippen LogP contribution in [0.5, 0.6) is 0 Å². The number of likely N-dealkylation sites (tertiary alicyclic amines) is 1. The highest BCUT2D eigenvalue weighted by atomic mass is 16.5. The molecule has 5 N–H and O–H groups in total. The number of rotatable bonds is 16. The number of hydrogen-bond donors (Lipinski definition) is 5. The number of carbonyl (C=O) groups is 5. The quantitative estimate of drug-likeness (QED) is 0.0700. The van der Waals surface area contributed by atoms with Crippen molar-refractivity contribution in [1.29, 1.82) is 0 Å². The Balaban J connectivity index is 0.800. The number of amides is 7. The second-order valence-corrected chi connectivity index (χ2v) is 17.4. The first-order chi connectivity index (χ1) is 33.2. The number of unbranched alkanes of at least 4 members (excludes halogenated alkanes) is 1. The lowest BCUT2D eigenvalue weighted by Gasteiger charge is -2.32. The van der Waals surface area contributed by atoms with E-state index in [1.807, 2.05) is 109 Å². The molecule has 5 aromatic rings. The van der Waals surface area contributed by atoms with E-state index in [0.29, 0.717) is 96.3 Å². The SMILES string of the molecule is CC(NC(=O)CCCCNC(=O)C(NC(=O)N1CCOCC1)c1ccccc1)c1ccc(-c2ccc(-c3cnc(C4CCCN4C(=O)C(NC(=O)N4CCOCC4)c4ccccc4)[nH]3)cc2)cc1. The summed E-state index contributed by atoms with van der Waals surface area (Å²) in [5, 5.41) is 11.9. The Bertz CT molecular complexity index is 2460. The lowest BCUT2D eigenvalue weighted by Crippen LogP contribution is -2.50. The largest absolute Gasteiger partial charge is 0.378 e. The molecule has 1 aromatic heterocycles. The van der Waals surface area contributed by atoms with E-state index in [-0.39, 0.29) is 41.9 Å². The summed E-state index contributed by atoms with van der Waals surface area (Å²) in [5.41, 5.74) is 6.29. The van der Waals surface area contributed by atoms with Crippen LogP contribution in [0.2, 0.25) is 0 Å². The van der Waals surface area contributed by atoms with Crippen LogP contribution in [-0.4, -0.2) is 120 Å². The van der Waals surface area contributed by atoms with E-state index in [9.17, 15) is 24.0 Å². The van der Waals surface area contributed by atoms with Crippen molar-refractivity contribution in [1.82, 2.24) is 45.9 Å². The molecule has 4 aromatic carbocycles. The molecule has 16 nitrogen and oxygen atoms in total. The highest BCUT2D eigenvalue weighted by Crippen LogP contribution is 2.34. The number of hydrogen-bond acceptors (Lipinski definition) is 8. The Kier molecular flexibility index (Phi) is 16.1.